The van der Waals surface area contributed by atoms with Crippen molar-refractivity contribution in [3.05, 3.63) is 11.6 Å². The number of thiazole rings is 1. The SMILES string of the molecule is CN1C(=O)CC(=O)[n+]2ccsc21. The average molecular weight is 183 g/mol. The summed E-state index contributed by atoms with van der Waals surface area (Å²) >= 11 is 1.39. The highest BCUT2D eigenvalue weighted by Crippen LogP contribution is 2.18. The fourth-order valence-corrected chi connectivity index (χ4v) is 1.98. The van der Waals surface area contributed by atoms with Gasteiger partial charge in [-0.2, -0.15) is 9.47 Å². The van der Waals surface area contributed by atoms with Crippen LogP contribution in [0.15, 0.2) is 11.6 Å². The molecule has 0 atom stereocenters. The van der Waals surface area contributed by atoms with Crippen LogP contribution in [0.4, 0.5) is 5.13 Å². The number of nitrogens with zero attached hydrogens (tertiary/aromatic N) is 2. The second kappa shape index (κ2) is 2.38. The van der Waals surface area contributed by atoms with Gasteiger partial charge in [-0.1, -0.05) is 11.3 Å². The van der Waals surface area contributed by atoms with Crippen molar-refractivity contribution in [2.24, 2.45) is 0 Å². The van der Waals surface area contributed by atoms with E-state index >= 15 is 0 Å². The number of fused-ring (bicyclic) bond motifs is 1. The van der Waals surface area contributed by atoms with E-state index in [4.69, 9.17) is 0 Å². The van der Waals surface area contributed by atoms with Gasteiger partial charge in [0.2, 0.25) is 0 Å². The molecule has 0 saturated heterocycles. The van der Waals surface area contributed by atoms with Gasteiger partial charge in [-0.05, 0) is 0 Å². The number of aromatic nitrogens is 1. The van der Waals surface area contributed by atoms with Crippen LogP contribution in [0.3, 0.4) is 0 Å². The Morgan fingerprint density at radius 2 is 2.33 bits per heavy atom. The Morgan fingerprint density at radius 3 is 3.08 bits per heavy atom. The molecular weight excluding hydrogens is 176 g/mol. The third-order valence-electron chi connectivity index (χ3n) is 1.82. The molecule has 1 amide bonds. The molecule has 0 saturated carbocycles. The lowest BCUT2D eigenvalue weighted by Gasteiger charge is -2.12. The quantitative estimate of drug-likeness (QED) is 0.421. The predicted octanol–water partition coefficient (Wildman–Crippen LogP) is 0.0423. The first-order valence-electron chi connectivity index (χ1n) is 3.49. The van der Waals surface area contributed by atoms with Gasteiger partial charge in [-0.25, -0.2) is 9.59 Å². The molecule has 5 heteroatoms. The highest BCUT2D eigenvalue weighted by atomic mass is 32.1. The summed E-state index contributed by atoms with van der Waals surface area (Å²) in [7, 11) is 1.68. The van der Waals surface area contributed by atoms with Gasteiger partial charge < -0.3 is 0 Å². The molecule has 12 heavy (non-hydrogen) atoms. The predicted molar refractivity (Wildman–Crippen MR) is 43.2 cm³/mol. The van der Waals surface area contributed by atoms with Gasteiger partial charge >= 0.3 is 16.9 Å². The molecule has 0 aromatic carbocycles. The zero-order chi connectivity index (χ0) is 8.72. The van der Waals surface area contributed by atoms with Crippen molar-refractivity contribution < 1.29 is 14.2 Å². The van der Waals surface area contributed by atoms with Crippen LogP contribution in [-0.2, 0) is 4.79 Å². The van der Waals surface area contributed by atoms with Crippen molar-refractivity contribution >= 4 is 28.3 Å². The Kier molecular flexibility index (Phi) is 1.47. The maximum absolute atomic E-state index is 11.2. The van der Waals surface area contributed by atoms with Gasteiger partial charge in [-0.15, -0.1) is 0 Å². The van der Waals surface area contributed by atoms with Crippen LogP contribution in [0.25, 0.3) is 0 Å². The largest absolute Gasteiger partial charge is 0.350 e. The molecule has 0 radical (unpaired) electrons. The van der Waals surface area contributed by atoms with E-state index in [9.17, 15) is 9.59 Å². The zero-order valence-corrected chi connectivity index (χ0v) is 7.30. The summed E-state index contributed by atoms with van der Waals surface area (Å²) in [6.45, 7) is 0. The molecule has 2 rings (SSSR count). The summed E-state index contributed by atoms with van der Waals surface area (Å²) in [5.74, 6) is -0.281. The first kappa shape index (κ1) is 7.42. The maximum atomic E-state index is 11.2. The van der Waals surface area contributed by atoms with Crippen molar-refractivity contribution in [2.45, 2.75) is 6.42 Å². The summed E-state index contributed by atoms with van der Waals surface area (Å²) in [5.41, 5.74) is 0. The van der Waals surface area contributed by atoms with E-state index in [2.05, 4.69) is 0 Å². The summed E-state index contributed by atoms with van der Waals surface area (Å²) in [5, 5.41) is 2.48. The molecule has 4 nitrogen and oxygen atoms in total. The van der Waals surface area contributed by atoms with Crippen LogP contribution in [0.1, 0.15) is 11.2 Å². The topological polar surface area (TPSA) is 41.3 Å². The molecule has 0 N–H and O–H groups in total. The fourth-order valence-electron chi connectivity index (χ4n) is 1.14. The summed E-state index contributed by atoms with van der Waals surface area (Å²) in [4.78, 5) is 23.9. The fraction of sp³-hybridized carbons (Fsp3) is 0.286. The van der Waals surface area contributed by atoms with Crippen LogP contribution in [0, 0.1) is 0 Å². The van der Waals surface area contributed by atoms with Crippen LogP contribution < -0.4 is 9.47 Å². The van der Waals surface area contributed by atoms with Crippen LogP contribution >= 0.6 is 11.3 Å². The van der Waals surface area contributed by atoms with Crippen molar-refractivity contribution in [2.75, 3.05) is 11.9 Å². The van der Waals surface area contributed by atoms with Gasteiger partial charge in [0.05, 0.1) is 7.05 Å². The Morgan fingerprint density at radius 1 is 1.58 bits per heavy atom. The number of amides is 1. The Hall–Kier alpha value is -1.23. The number of anilines is 1. The van der Waals surface area contributed by atoms with Crippen molar-refractivity contribution in [1.82, 2.24) is 0 Å². The zero-order valence-electron chi connectivity index (χ0n) is 6.48. The van der Waals surface area contributed by atoms with E-state index in [1.165, 1.54) is 20.8 Å². The molecule has 0 fully saturated rings. The Bertz CT molecular complexity index is 358. The molecule has 1 aromatic heterocycles. The number of hydrogen-bond donors (Lipinski definition) is 0. The third kappa shape index (κ3) is 0.863. The minimum atomic E-state index is -0.144. The molecule has 0 unspecified atom stereocenters. The van der Waals surface area contributed by atoms with Crippen molar-refractivity contribution in [3.8, 4) is 0 Å². The molecule has 2 heterocycles. The monoisotopic (exact) mass is 183 g/mol. The number of carbonyl (C=O) groups excluding carboxylic acids is 2. The first-order chi connectivity index (χ1) is 5.70. The second-order valence-corrected chi connectivity index (χ2v) is 3.45. The number of hydrogen-bond acceptors (Lipinski definition) is 3. The van der Waals surface area contributed by atoms with Gasteiger partial charge in [0.25, 0.3) is 0 Å². The van der Waals surface area contributed by atoms with E-state index in [1.54, 1.807) is 18.6 Å². The molecular formula is C7H7N2O2S+. The maximum Gasteiger partial charge on any atom is 0.350 e. The highest BCUT2D eigenvalue weighted by Gasteiger charge is 2.36. The summed E-state index contributed by atoms with van der Waals surface area (Å²) < 4.78 is 1.51. The summed E-state index contributed by atoms with van der Waals surface area (Å²) in [6, 6.07) is 0. The lowest BCUT2D eigenvalue weighted by molar-refractivity contribution is -0.557. The van der Waals surface area contributed by atoms with E-state index in [-0.39, 0.29) is 18.2 Å². The number of rotatable bonds is 0. The van der Waals surface area contributed by atoms with Crippen LogP contribution in [0.5, 0.6) is 0 Å². The highest BCUT2D eigenvalue weighted by molar-refractivity contribution is 7.13. The molecule has 1 aliphatic heterocycles. The van der Waals surface area contributed by atoms with E-state index in [0.29, 0.717) is 5.13 Å². The molecule has 62 valence electrons. The van der Waals surface area contributed by atoms with Gasteiger partial charge in [-0.3, -0.25) is 0 Å². The van der Waals surface area contributed by atoms with E-state index in [0.717, 1.165) is 0 Å². The average Bonchev–Trinajstić information content (AvgIpc) is 2.48. The minimum absolute atomic E-state index is 0.0229. The third-order valence-corrected chi connectivity index (χ3v) is 2.76. The van der Waals surface area contributed by atoms with Crippen molar-refractivity contribution in [3.63, 3.8) is 0 Å². The number of carbonyl (C=O) groups is 2. The smallest absolute Gasteiger partial charge is 0.246 e. The lowest BCUT2D eigenvalue weighted by Crippen LogP contribution is -2.53. The lowest BCUT2D eigenvalue weighted by atomic mass is 10.3. The van der Waals surface area contributed by atoms with Crippen molar-refractivity contribution in [1.29, 1.82) is 0 Å². The first-order valence-corrected chi connectivity index (χ1v) is 4.37. The molecule has 0 spiro atoms. The summed E-state index contributed by atoms with van der Waals surface area (Å²) in [6.07, 6.45) is 1.66. The Labute approximate surface area is 73.0 Å². The normalized spacial score (nSPS) is 16.6. The van der Waals surface area contributed by atoms with E-state index in [1.807, 2.05) is 0 Å². The van der Waals surface area contributed by atoms with E-state index < -0.39 is 0 Å². The standard InChI is InChI=1S/C7H7N2O2S/c1-8-5(10)4-6(11)9-2-3-12-7(8)9/h2-3H,4H2,1H3/q+1. The molecule has 1 aliphatic rings. The van der Waals surface area contributed by atoms with Gasteiger partial charge in [0, 0.05) is 5.38 Å². The molecule has 0 aliphatic carbocycles. The molecule has 1 aromatic rings. The molecule has 0 bridgehead atoms. The second-order valence-electron chi connectivity index (χ2n) is 2.58. The van der Waals surface area contributed by atoms with Gasteiger partial charge in [0.15, 0.2) is 6.42 Å². The minimum Gasteiger partial charge on any atom is -0.246 e. The van der Waals surface area contributed by atoms with Crippen LogP contribution in [0.2, 0.25) is 0 Å². The Balaban J connectivity index is 2.57. The van der Waals surface area contributed by atoms with Gasteiger partial charge in [0.1, 0.15) is 6.20 Å². The van der Waals surface area contributed by atoms with Crippen LogP contribution in [-0.4, -0.2) is 18.9 Å².